The van der Waals surface area contributed by atoms with Crippen molar-refractivity contribution >= 4 is 51.6 Å². The summed E-state index contributed by atoms with van der Waals surface area (Å²) in [6, 6.07) is 11.8. The lowest BCUT2D eigenvalue weighted by molar-refractivity contribution is -0.124. The number of nitrogens with zero attached hydrogens (tertiary/aromatic N) is 1. The Kier molecular flexibility index (Phi) is 6.77. The predicted molar refractivity (Wildman–Crippen MR) is 117 cm³/mol. The topological polar surface area (TPSA) is 46.6 Å². The monoisotopic (exact) mass is 511 g/mol. The lowest BCUT2D eigenvalue weighted by Crippen LogP contribution is -2.36. The molecule has 146 valence electrons. The summed E-state index contributed by atoms with van der Waals surface area (Å²) in [6.45, 7) is 3.94. The quantitative estimate of drug-likeness (QED) is 0.361. The van der Waals surface area contributed by atoms with Crippen molar-refractivity contribution in [1.29, 1.82) is 0 Å². The molecule has 0 radical (unpaired) electrons. The summed E-state index contributed by atoms with van der Waals surface area (Å²) in [5, 5.41) is -0.231. The number of thioether (sulfide) groups is 1. The molecule has 2 amide bonds. The highest BCUT2D eigenvalue weighted by Gasteiger charge is 2.37. The van der Waals surface area contributed by atoms with Crippen molar-refractivity contribution in [2.24, 2.45) is 0 Å². The standard InChI is InChI=1S/C21H19FINO3S/c1-3-13(2)24-20(25)19(28-21(24)26)11-14-8-9-18(17(23)10-14)27-12-15-6-4-5-7-16(15)22/h4-11,13H,3,12H2,1-2H3/b19-11+/t13-/m0/s1. The summed E-state index contributed by atoms with van der Waals surface area (Å²) in [5.74, 6) is 0.0825. The van der Waals surface area contributed by atoms with E-state index in [1.54, 1.807) is 30.3 Å². The molecule has 4 nitrogen and oxygen atoms in total. The van der Waals surface area contributed by atoms with Crippen LogP contribution in [0.4, 0.5) is 9.18 Å². The SMILES string of the molecule is CC[C@H](C)N1C(=O)S/C(=C/c2ccc(OCc3ccccc3F)c(I)c2)C1=O. The van der Waals surface area contributed by atoms with Crippen LogP contribution in [-0.2, 0) is 11.4 Å². The largest absolute Gasteiger partial charge is 0.488 e. The van der Waals surface area contributed by atoms with Gasteiger partial charge in [0.05, 0.1) is 8.48 Å². The second-order valence-corrected chi connectivity index (χ2v) is 8.53. The molecule has 0 N–H and O–H groups in total. The molecule has 3 rings (SSSR count). The molecule has 0 aliphatic carbocycles. The minimum absolute atomic E-state index is 0.118. The Hall–Kier alpha value is -1.87. The van der Waals surface area contributed by atoms with Crippen LogP contribution >= 0.6 is 34.4 Å². The number of ether oxygens (including phenoxy) is 1. The van der Waals surface area contributed by atoms with E-state index in [0.717, 1.165) is 27.3 Å². The molecule has 1 fully saturated rings. The number of carbonyl (C=O) groups is 2. The lowest BCUT2D eigenvalue weighted by atomic mass is 10.2. The number of carbonyl (C=O) groups excluding carboxylic acids is 2. The molecular formula is C21H19FINO3S. The van der Waals surface area contributed by atoms with Crippen molar-refractivity contribution in [3.05, 3.63) is 67.9 Å². The maximum absolute atomic E-state index is 13.7. The summed E-state index contributed by atoms with van der Waals surface area (Å²) in [6.07, 6.45) is 2.44. The minimum Gasteiger partial charge on any atom is -0.488 e. The zero-order valence-corrected chi connectivity index (χ0v) is 18.4. The second-order valence-electron chi connectivity index (χ2n) is 6.38. The molecule has 0 bridgehead atoms. The van der Waals surface area contributed by atoms with Crippen LogP contribution in [0, 0.1) is 9.39 Å². The van der Waals surface area contributed by atoms with Crippen molar-refractivity contribution in [3.8, 4) is 5.75 Å². The summed E-state index contributed by atoms with van der Waals surface area (Å²) in [7, 11) is 0. The fraction of sp³-hybridized carbons (Fsp3) is 0.238. The van der Waals surface area contributed by atoms with Crippen molar-refractivity contribution in [2.75, 3.05) is 0 Å². The van der Waals surface area contributed by atoms with Crippen molar-refractivity contribution in [1.82, 2.24) is 4.90 Å². The first-order valence-corrected chi connectivity index (χ1v) is 10.7. The summed E-state index contributed by atoms with van der Waals surface area (Å²) in [5.41, 5.74) is 1.29. The second kappa shape index (κ2) is 9.09. The molecular weight excluding hydrogens is 492 g/mol. The van der Waals surface area contributed by atoms with E-state index in [0.29, 0.717) is 16.2 Å². The van der Waals surface area contributed by atoms with Gasteiger partial charge >= 0.3 is 0 Å². The predicted octanol–water partition coefficient (Wildman–Crippen LogP) is 5.84. The Morgan fingerprint density at radius 3 is 2.68 bits per heavy atom. The molecule has 1 aliphatic rings. The van der Waals surface area contributed by atoms with E-state index in [2.05, 4.69) is 22.6 Å². The van der Waals surface area contributed by atoms with Gasteiger partial charge in [-0.3, -0.25) is 14.5 Å². The third-order valence-electron chi connectivity index (χ3n) is 4.45. The molecule has 2 aromatic carbocycles. The highest BCUT2D eigenvalue weighted by Crippen LogP contribution is 2.35. The van der Waals surface area contributed by atoms with Gasteiger partial charge in [-0.1, -0.05) is 31.2 Å². The molecule has 1 atom stereocenters. The Morgan fingerprint density at radius 2 is 2.00 bits per heavy atom. The first-order chi connectivity index (χ1) is 13.4. The van der Waals surface area contributed by atoms with Crippen molar-refractivity contribution in [3.63, 3.8) is 0 Å². The van der Waals surface area contributed by atoms with Gasteiger partial charge in [-0.2, -0.15) is 0 Å². The molecule has 1 saturated heterocycles. The van der Waals surface area contributed by atoms with Gasteiger partial charge in [0.25, 0.3) is 11.1 Å². The van der Waals surface area contributed by atoms with E-state index in [4.69, 9.17) is 4.74 Å². The summed E-state index contributed by atoms with van der Waals surface area (Å²) >= 11 is 3.10. The van der Waals surface area contributed by atoms with Crippen molar-refractivity contribution < 1.29 is 18.7 Å². The smallest absolute Gasteiger partial charge is 0.293 e. The van der Waals surface area contributed by atoms with Gasteiger partial charge in [0.15, 0.2) is 0 Å². The Bertz CT molecular complexity index is 947. The van der Waals surface area contributed by atoms with Crippen molar-refractivity contribution in [2.45, 2.75) is 32.9 Å². The van der Waals surface area contributed by atoms with Crippen LogP contribution in [0.2, 0.25) is 0 Å². The first kappa shape index (κ1) is 20.9. The van der Waals surface area contributed by atoms with E-state index >= 15 is 0 Å². The molecule has 1 heterocycles. The number of imide groups is 1. The number of amides is 2. The normalized spacial score (nSPS) is 16.7. The Labute approximate surface area is 181 Å². The zero-order valence-electron chi connectivity index (χ0n) is 15.4. The van der Waals surface area contributed by atoms with E-state index in [1.165, 1.54) is 11.0 Å². The highest BCUT2D eigenvalue weighted by atomic mass is 127. The van der Waals surface area contributed by atoms with Crippen LogP contribution in [0.15, 0.2) is 47.4 Å². The highest BCUT2D eigenvalue weighted by molar-refractivity contribution is 14.1. The van der Waals surface area contributed by atoms with Crippen LogP contribution in [0.25, 0.3) is 6.08 Å². The molecule has 0 spiro atoms. The number of hydrogen-bond acceptors (Lipinski definition) is 4. The summed E-state index contributed by atoms with van der Waals surface area (Å²) in [4.78, 5) is 26.4. The van der Waals surface area contributed by atoms with Crippen LogP contribution in [0.1, 0.15) is 31.4 Å². The van der Waals surface area contributed by atoms with E-state index in [1.807, 2.05) is 26.0 Å². The maximum Gasteiger partial charge on any atom is 0.293 e. The van der Waals surface area contributed by atoms with E-state index in [-0.39, 0.29) is 29.6 Å². The molecule has 7 heteroatoms. The van der Waals surface area contributed by atoms with Gasteiger partial charge in [-0.15, -0.1) is 0 Å². The summed E-state index contributed by atoms with van der Waals surface area (Å²) < 4.78 is 20.3. The Balaban J connectivity index is 1.74. The van der Waals surface area contributed by atoms with Crippen LogP contribution in [-0.4, -0.2) is 22.1 Å². The fourth-order valence-corrected chi connectivity index (χ4v) is 4.31. The van der Waals surface area contributed by atoms with Gasteiger partial charge < -0.3 is 4.74 Å². The molecule has 0 aromatic heterocycles. The van der Waals surface area contributed by atoms with Gasteiger partial charge in [-0.05, 0) is 77.5 Å². The van der Waals surface area contributed by atoms with E-state index < -0.39 is 0 Å². The first-order valence-electron chi connectivity index (χ1n) is 8.83. The van der Waals surface area contributed by atoms with Crippen LogP contribution in [0.5, 0.6) is 5.75 Å². The molecule has 2 aromatic rings. The number of benzene rings is 2. The maximum atomic E-state index is 13.7. The van der Waals surface area contributed by atoms with Crippen LogP contribution < -0.4 is 4.74 Å². The molecule has 0 saturated carbocycles. The van der Waals surface area contributed by atoms with Gasteiger partial charge in [-0.25, -0.2) is 4.39 Å². The average molecular weight is 511 g/mol. The van der Waals surface area contributed by atoms with Crippen LogP contribution in [0.3, 0.4) is 0 Å². The lowest BCUT2D eigenvalue weighted by Gasteiger charge is -2.19. The van der Waals surface area contributed by atoms with Gasteiger partial charge in [0.1, 0.15) is 18.2 Å². The number of halogens is 2. The fourth-order valence-electron chi connectivity index (χ4n) is 2.69. The third-order valence-corrected chi connectivity index (χ3v) is 6.18. The average Bonchev–Trinajstić information content (AvgIpc) is 2.95. The minimum atomic E-state index is -0.300. The molecule has 1 aliphatic heterocycles. The number of rotatable bonds is 6. The molecule has 0 unspecified atom stereocenters. The van der Waals surface area contributed by atoms with Gasteiger partial charge in [0.2, 0.25) is 0 Å². The third kappa shape index (κ3) is 4.57. The molecule has 28 heavy (non-hydrogen) atoms. The van der Waals surface area contributed by atoms with E-state index in [9.17, 15) is 14.0 Å². The number of hydrogen-bond donors (Lipinski definition) is 0. The Morgan fingerprint density at radius 1 is 1.25 bits per heavy atom. The zero-order chi connectivity index (χ0) is 20.3. The van der Waals surface area contributed by atoms with Gasteiger partial charge in [0, 0.05) is 11.6 Å².